The summed E-state index contributed by atoms with van der Waals surface area (Å²) < 4.78 is 0. The summed E-state index contributed by atoms with van der Waals surface area (Å²) in [7, 11) is 0. The fourth-order valence-corrected chi connectivity index (χ4v) is 1.55. The molecule has 0 heterocycles. The maximum absolute atomic E-state index is 5.88. The largest absolute Gasteiger partial charge is 0.384 e. The molecule has 1 nitrogen and oxygen atoms in total. The molecule has 0 aromatic heterocycles. The molecular weight excluding hydrogens is 217 g/mol. The van der Waals surface area contributed by atoms with E-state index in [4.69, 9.17) is 23.2 Å². The molecule has 0 aliphatic carbocycles. The Morgan fingerprint density at radius 3 is 2.00 bits per heavy atom. The lowest BCUT2D eigenvalue weighted by molar-refractivity contribution is 0.443. The quantitative estimate of drug-likeness (QED) is 0.794. The van der Waals surface area contributed by atoms with E-state index in [0.717, 1.165) is 12.2 Å². The van der Waals surface area contributed by atoms with Crippen LogP contribution in [0.2, 0.25) is 10.0 Å². The van der Waals surface area contributed by atoms with Gasteiger partial charge in [-0.1, -0.05) is 44.0 Å². The van der Waals surface area contributed by atoms with E-state index in [9.17, 15) is 0 Å². The van der Waals surface area contributed by atoms with Gasteiger partial charge in [-0.05, 0) is 23.6 Å². The average molecular weight is 232 g/mol. The average Bonchev–Trinajstić information content (AvgIpc) is 1.97. The molecule has 0 amide bonds. The summed E-state index contributed by atoms with van der Waals surface area (Å²) in [4.78, 5) is 0. The fraction of sp³-hybridized carbons (Fsp3) is 0.455. The highest BCUT2D eigenvalue weighted by molar-refractivity contribution is 6.35. The fourth-order valence-electron chi connectivity index (χ4n) is 1.02. The first-order valence-electron chi connectivity index (χ1n) is 4.57. The molecule has 0 aliphatic heterocycles. The van der Waals surface area contributed by atoms with E-state index in [-0.39, 0.29) is 5.41 Å². The summed E-state index contributed by atoms with van der Waals surface area (Å²) in [6.45, 7) is 7.41. The van der Waals surface area contributed by atoms with Crippen LogP contribution in [0, 0.1) is 5.41 Å². The second-order valence-electron chi connectivity index (χ2n) is 4.57. The van der Waals surface area contributed by atoms with Gasteiger partial charge in [-0.25, -0.2) is 0 Å². The zero-order valence-corrected chi connectivity index (χ0v) is 10.2. The summed E-state index contributed by atoms with van der Waals surface area (Å²) in [5, 5.41) is 4.62. The van der Waals surface area contributed by atoms with Crippen LogP contribution in [0.15, 0.2) is 18.2 Å². The topological polar surface area (TPSA) is 12.0 Å². The van der Waals surface area contributed by atoms with E-state index in [1.807, 2.05) is 12.1 Å². The highest BCUT2D eigenvalue weighted by Gasteiger charge is 2.09. The van der Waals surface area contributed by atoms with Gasteiger partial charge in [0.2, 0.25) is 0 Å². The molecule has 3 heteroatoms. The second kappa shape index (κ2) is 4.41. The molecule has 0 radical (unpaired) electrons. The highest BCUT2D eigenvalue weighted by Crippen LogP contribution is 2.23. The van der Waals surface area contributed by atoms with Crippen molar-refractivity contribution < 1.29 is 0 Å². The lowest BCUT2D eigenvalue weighted by Crippen LogP contribution is -2.18. The first-order chi connectivity index (χ1) is 6.37. The van der Waals surface area contributed by atoms with E-state index >= 15 is 0 Å². The molecule has 14 heavy (non-hydrogen) atoms. The van der Waals surface area contributed by atoms with E-state index in [1.54, 1.807) is 6.07 Å². The Hall–Kier alpha value is -0.400. The first kappa shape index (κ1) is 11.7. The molecule has 0 atom stereocenters. The Morgan fingerprint density at radius 2 is 1.57 bits per heavy atom. The van der Waals surface area contributed by atoms with Crippen LogP contribution >= 0.6 is 23.2 Å². The number of benzene rings is 1. The first-order valence-corrected chi connectivity index (χ1v) is 5.32. The molecule has 1 aromatic carbocycles. The molecule has 0 fully saturated rings. The molecule has 0 saturated carbocycles. The smallest absolute Gasteiger partial charge is 0.0441 e. The van der Waals surface area contributed by atoms with Gasteiger partial charge in [0.1, 0.15) is 0 Å². The van der Waals surface area contributed by atoms with Crippen molar-refractivity contribution in [2.24, 2.45) is 5.41 Å². The van der Waals surface area contributed by atoms with Gasteiger partial charge in [-0.15, -0.1) is 0 Å². The Morgan fingerprint density at radius 1 is 1.07 bits per heavy atom. The summed E-state index contributed by atoms with van der Waals surface area (Å²) in [5.41, 5.74) is 1.21. The number of rotatable bonds is 2. The van der Waals surface area contributed by atoms with Crippen molar-refractivity contribution in [2.45, 2.75) is 20.8 Å². The molecule has 0 spiro atoms. The van der Waals surface area contributed by atoms with Crippen LogP contribution in [0.25, 0.3) is 0 Å². The molecule has 0 saturated heterocycles. The van der Waals surface area contributed by atoms with E-state index in [2.05, 4.69) is 26.1 Å². The van der Waals surface area contributed by atoms with Crippen molar-refractivity contribution in [3.8, 4) is 0 Å². The van der Waals surface area contributed by atoms with Gasteiger partial charge in [0.25, 0.3) is 0 Å². The van der Waals surface area contributed by atoms with Crippen molar-refractivity contribution in [3.63, 3.8) is 0 Å². The predicted molar refractivity (Wildman–Crippen MR) is 64.4 cm³/mol. The number of hydrogen-bond acceptors (Lipinski definition) is 1. The van der Waals surface area contributed by atoms with E-state index < -0.39 is 0 Å². The minimum Gasteiger partial charge on any atom is -0.384 e. The normalized spacial score (nSPS) is 11.5. The third-order valence-electron chi connectivity index (χ3n) is 1.69. The third kappa shape index (κ3) is 4.21. The van der Waals surface area contributed by atoms with Crippen molar-refractivity contribution in [3.05, 3.63) is 28.2 Å². The second-order valence-corrected chi connectivity index (χ2v) is 5.45. The van der Waals surface area contributed by atoms with Gasteiger partial charge in [0, 0.05) is 22.3 Å². The molecule has 0 bridgehead atoms. The molecule has 0 aliphatic rings. The van der Waals surface area contributed by atoms with Gasteiger partial charge < -0.3 is 5.32 Å². The lowest BCUT2D eigenvalue weighted by Gasteiger charge is -2.19. The molecule has 78 valence electrons. The number of halogens is 2. The third-order valence-corrected chi connectivity index (χ3v) is 2.12. The zero-order valence-electron chi connectivity index (χ0n) is 8.70. The maximum Gasteiger partial charge on any atom is 0.0441 e. The Kier molecular flexibility index (Phi) is 3.68. The van der Waals surface area contributed by atoms with Crippen LogP contribution in [-0.4, -0.2) is 6.54 Å². The summed E-state index contributed by atoms with van der Waals surface area (Å²) >= 11 is 11.8. The van der Waals surface area contributed by atoms with Crippen LogP contribution in [0.3, 0.4) is 0 Å². The maximum atomic E-state index is 5.88. The number of anilines is 1. The SMILES string of the molecule is CC(C)(C)CNc1cc(Cl)cc(Cl)c1. The summed E-state index contributed by atoms with van der Waals surface area (Å²) in [6, 6.07) is 5.48. The van der Waals surface area contributed by atoms with Gasteiger partial charge in [0.05, 0.1) is 0 Å². The molecule has 1 rings (SSSR count). The van der Waals surface area contributed by atoms with Crippen molar-refractivity contribution in [1.29, 1.82) is 0 Å². The van der Waals surface area contributed by atoms with Gasteiger partial charge in [-0.2, -0.15) is 0 Å². The minimum absolute atomic E-state index is 0.245. The number of hydrogen-bond donors (Lipinski definition) is 1. The highest BCUT2D eigenvalue weighted by atomic mass is 35.5. The van der Waals surface area contributed by atoms with Crippen LogP contribution in [-0.2, 0) is 0 Å². The van der Waals surface area contributed by atoms with Crippen molar-refractivity contribution in [2.75, 3.05) is 11.9 Å². The van der Waals surface area contributed by atoms with Gasteiger partial charge >= 0.3 is 0 Å². The Balaban J connectivity index is 2.68. The number of nitrogens with one attached hydrogen (secondary N) is 1. The van der Waals surface area contributed by atoms with Crippen molar-refractivity contribution >= 4 is 28.9 Å². The van der Waals surface area contributed by atoms with E-state index in [0.29, 0.717) is 10.0 Å². The van der Waals surface area contributed by atoms with Gasteiger partial charge in [0.15, 0.2) is 0 Å². The predicted octanol–water partition coefficient (Wildman–Crippen LogP) is 4.45. The molecule has 0 unspecified atom stereocenters. The van der Waals surface area contributed by atoms with Crippen LogP contribution in [0.5, 0.6) is 0 Å². The summed E-state index contributed by atoms with van der Waals surface area (Å²) in [6.07, 6.45) is 0. The zero-order chi connectivity index (χ0) is 10.8. The molecule has 1 aromatic rings. The summed E-state index contributed by atoms with van der Waals surface area (Å²) in [5.74, 6) is 0. The molecular formula is C11H15Cl2N. The Labute approximate surface area is 95.4 Å². The standard InChI is InChI=1S/C11H15Cl2N/c1-11(2,3)7-14-10-5-8(12)4-9(13)6-10/h4-6,14H,7H2,1-3H3. The molecule has 1 N–H and O–H groups in total. The van der Waals surface area contributed by atoms with Crippen molar-refractivity contribution in [1.82, 2.24) is 0 Å². The minimum atomic E-state index is 0.245. The lowest BCUT2D eigenvalue weighted by atomic mass is 9.97. The monoisotopic (exact) mass is 231 g/mol. The van der Waals surface area contributed by atoms with Crippen LogP contribution in [0.4, 0.5) is 5.69 Å². The van der Waals surface area contributed by atoms with Gasteiger partial charge in [-0.3, -0.25) is 0 Å². The van der Waals surface area contributed by atoms with Crippen LogP contribution < -0.4 is 5.32 Å². The van der Waals surface area contributed by atoms with Crippen LogP contribution in [0.1, 0.15) is 20.8 Å². The Bertz CT molecular complexity index is 295. The van der Waals surface area contributed by atoms with E-state index in [1.165, 1.54) is 0 Å².